The first kappa shape index (κ1) is 24.5. The summed E-state index contributed by atoms with van der Waals surface area (Å²) in [5.74, 6) is -1.77. The van der Waals surface area contributed by atoms with E-state index >= 15 is 0 Å². The molecule has 6 heteroatoms. The monoisotopic (exact) mass is 494 g/mol. The molecule has 1 heterocycles. The second kappa shape index (κ2) is 10.1. The number of nitrogens with one attached hydrogen (secondary N) is 1. The van der Waals surface area contributed by atoms with E-state index in [0.717, 1.165) is 43.2 Å². The first-order valence-corrected chi connectivity index (χ1v) is 12.8. The van der Waals surface area contributed by atoms with E-state index in [1.807, 2.05) is 42.5 Å². The summed E-state index contributed by atoms with van der Waals surface area (Å²) in [6.07, 6.45) is 5.06. The van der Waals surface area contributed by atoms with Crippen LogP contribution in [0.1, 0.15) is 60.5 Å². The molecule has 188 valence electrons. The van der Waals surface area contributed by atoms with Crippen molar-refractivity contribution in [3.8, 4) is 0 Å². The number of aliphatic hydroxyl groups excluding tert-OH is 1. The van der Waals surface area contributed by atoms with Crippen LogP contribution >= 0.6 is 0 Å². The van der Waals surface area contributed by atoms with E-state index in [0.29, 0.717) is 16.9 Å². The van der Waals surface area contributed by atoms with Gasteiger partial charge in [0.2, 0.25) is 5.91 Å². The maximum absolute atomic E-state index is 13.4. The number of carbonyl (C=O) groups is 3. The minimum atomic E-state index is -0.784. The normalized spacial score (nSPS) is 18.5. The Morgan fingerprint density at radius 3 is 2.27 bits per heavy atom. The maximum Gasteiger partial charge on any atom is 0.300 e. The standard InChI is InChI=1S/C31H30N2O4/c1-3-20-8-10-22(11-9-20)28-27(29(35)24-13-12-21-6-4-5-7-23(21)18-24)30(36)31(37)33(28)26-16-14-25(15-17-26)32-19(2)34/h8-18,28,35H,3-7H2,1-2H3,(H,32,34)/b29-27-. The minimum absolute atomic E-state index is 0.0796. The summed E-state index contributed by atoms with van der Waals surface area (Å²) in [5.41, 5.74) is 6.05. The average molecular weight is 495 g/mol. The number of ketones is 1. The van der Waals surface area contributed by atoms with Crippen LogP contribution in [0.25, 0.3) is 5.76 Å². The highest BCUT2D eigenvalue weighted by atomic mass is 16.3. The third kappa shape index (κ3) is 4.67. The Bertz CT molecular complexity index is 1400. The molecule has 3 aromatic rings. The van der Waals surface area contributed by atoms with Crippen molar-refractivity contribution >= 4 is 34.7 Å². The molecule has 1 fully saturated rings. The summed E-state index contributed by atoms with van der Waals surface area (Å²) in [4.78, 5) is 39.7. The largest absolute Gasteiger partial charge is 0.507 e. The topological polar surface area (TPSA) is 86.7 Å². The molecule has 1 atom stereocenters. The molecular formula is C31H30N2O4. The Kier molecular flexibility index (Phi) is 6.66. The fourth-order valence-electron chi connectivity index (χ4n) is 5.29. The smallest absolute Gasteiger partial charge is 0.300 e. The van der Waals surface area contributed by atoms with Crippen molar-refractivity contribution in [2.45, 2.75) is 52.0 Å². The minimum Gasteiger partial charge on any atom is -0.507 e. The Labute approximate surface area is 216 Å². The number of Topliss-reactive ketones (excluding diaryl/α,β-unsaturated/α-hetero) is 1. The summed E-state index contributed by atoms with van der Waals surface area (Å²) in [7, 11) is 0. The number of carbonyl (C=O) groups excluding carboxylic acids is 3. The molecule has 2 N–H and O–H groups in total. The number of hydrogen-bond donors (Lipinski definition) is 2. The molecule has 2 amide bonds. The van der Waals surface area contributed by atoms with Crippen LogP contribution in [-0.2, 0) is 33.6 Å². The Morgan fingerprint density at radius 2 is 1.62 bits per heavy atom. The van der Waals surface area contributed by atoms with Crippen molar-refractivity contribution in [3.05, 3.63) is 100 Å². The van der Waals surface area contributed by atoms with Gasteiger partial charge in [-0.1, -0.05) is 43.3 Å². The Morgan fingerprint density at radius 1 is 0.946 bits per heavy atom. The summed E-state index contributed by atoms with van der Waals surface area (Å²) < 4.78 is 0. The Balaban J connectivity index is 1.63. The molecule has 0 bridgehead atoms. The lowest BCUT2D eigenvalue weighted by Crippen LogP contribution is -2.29. The molecule has 1 unspecified atom stereocenters. The molecule has 3 aromatic carbocycles. The van der Waals surface area contributed by atoms with Crippen molar-refractivity contribution in [1.29, 1.82) is 0 Å². The van der Waals surface area contributed by atoms with Crippen LogP contribution in [0.4, 0.5) is 11.4 Å². The van der Waals surface area contributed by atoms with Crippen molar-refractivity contribution in [1.82, 2.24) is 0 Å². The molecular weight excluding hydrogens is 464 g/mol. The SMILES string of the molecule is CCc1ccc(C2/C(=C(/O)c3ccc4c(c3)CCCC4)C(=O)C(=O)N2c2ccc(NC(C)=O)cc2)cc1. The first-order valence-electron chi connectivity index (χ1n) is 12.8. The fourth-order valence-corrected chi connectivity index (χ4v) is 5.29. The van der Waals surface area contributed by atoms with Crippen LogP contribution in [0.2, 0.25) is 0 Å². The zero-order valence-electron chi connectivity index (χ0n) is 21.1. The second-order valence-electron chi connectivity index (χ2n) is 9.68. The van der Waals surface area contributed by atoms with Gasteiger partial charge in [-0.3, -0.25) is 19.3 Å². The lowest BCUT2D eigenvalue weighted by Gasteiger charge is -2.26. The summed E-state index contributed by atoms with van der Waals surface area (Å²) in [6, 6.07) is 19.6. The van der Waals surface area contributed by atoms with Gasteiger partial charge in [0.15, 0.2) is 0 Å². The fraction of sp³-hybridized carbons (Fsp3) is 0.258. The molecule has 0 aromatic heterocycles. The van der Waals surface area contributed by atoms with E-state index < -0.39 is 17.7 Å². The summed E-state index contributed by atoms with van der Waals surface area (Å²) in [6.45, 7) is 3.49. The molecule has 5 rings (SSSR count). The molecule has 0 saturated carbocycles. The molecule has 0 radical (unpaired) electrons. The molecule has 0 spiro atoms. The number of anilines is 2. The number of fused-ring (bicyclic) bond motifs is 1. The van der Waals surface area contributed by atoms with E-state index in [2.05, 4.69) is 12.2 Å². The van der Waals surface area contributed by atoms with Gasteiger partial charge >= 0.3 is 0 Å². The molecule has 37 heavy (non-hydrogen) atoms. The van der Waals surface area contributed by atoms with E-state index in [-0.39, 0.29) is 17.2 Å². The number of aliphatic hydroxyl groups is 1. The second-order valence-corrected chi connectivity index (χ2v) is 9.68. The Hall–Kier alpha value is -4.19. The van der Waals surface area contributed by atoms with E-state index in [4.69, 9.17) is 0 Å². The zero-order valence-corrected chi connectivity index (χ0v) is 21.1. The third-order valence-corrected chi connectivity index (χ3v) is 7.24. The summed E-state index contributed by atoms with van der Waals surface area (Å²) >= 11 is 0. The number of hydrogen-bond acceptors (Lipinski definition) is 4. The lowest BCUT2D eigenvalue weighted by molar-refractivity contribution is -0.132. The van der Waals surface area contributed by atoms with E-state index in [9.17, 15) is 19.5 Å². The highest BCUT2D eigenvalue weighted by Gasteiger charge is 2.47. The number of rotatable bonds is 5. The van der Waals surface area contributed by atoms with Crippen molar-refractivity contribution in [3.63, 3.8) is 0 Å². The van der Waals surface area contributed by atoms with Gasteiger partial charge in [0, 0.05) is 23.9 Å². The van der Waals surface area contributed by atoms with Gasteiger partial charge in [0.05, 0.1) is 11.6 Å². The number of nitrogens with zero attached hydrogens (tertiary/aromatic N) is 1. The van der Waals surface area contributed by atoms with Gasteiger partial charge in [0.1, 0.15) is 5.76 Å². The molecule has 1 saturated heterocycles. The number of benzene rings is 3. The molecule has 2 aliphatic rings. The van der Waals surface area contributed by atoms with Gasteiger partial charge in [-0.2, -0.15) is 0 Å². The molecule has 1 aliphatic carbocycles. The van der Waals surface area contributed by atoms with E-state index in [1.54, 1.807) is 24.3 Å². The maximum atomic E-state index is 13.4. The number of amides is 2. The first-order chi connectivity index (χ1) is 17.9. The van der Waals surface area contributed by atoms with Gasteiger partial charge in [-0.05, 0) is 84.7 Å². The zero-order chi connectivity index (χ0) is 26.1. The predicted octanol–water partition coefficient (Wildman–Crippen LogP) is 5.71. The van der Waals surface area contributed by atoms with Crippen molar-refractivity contribution in [2.75, 3.05) is 10.2 Å². The van der Waals surface area contributed by atoms with Crippen molar-refractivity contribution < 1.29 is 19.5 Å². The third-order valence-electron chi connectivity index (χ3n) is 7.24. The van der Waals surface area contributed by atoms with Gasteiger partial charge in [-0.25, -0.2) is 0 Å². The van der Waals surface area contributed by atoms with Gasteiger partial charge in [0.25, 0.3) is 11.7 Å². The van der Waals surface area contributed by atoms with Crippen LogP contribution < -0.4 is 10.2 Å². The number of aryl methyl sites for hydroxylation is 3. The van der Waals surface area contributed by atoms with E-state index in [1.165, 1.54) is 23.0 Å². The summed E-state index contributed by atoms with van der Waals surface area (Å²) in [5, 5.41) is 14.2. The highest BCUT2D eigenvalue weighted by molar-refractivity contribution is 6.51. The van der Waals surface area contributed by atoms with Crippen LogP contribution in [0.15, 0.2) is 72.3 Å². The van der Waals surface area contributed by atoms with Crippen LogP contribution in [0, 0.1) is 0 Å². The quantitative estimate of drug-likeness (QED) is 0.270. The predicted molar refractivity (Wildman–Crippen MR) is 144 cm³/mol. The van der Waals surface area contributed by atoms with Crippen LogP contribution in [0.5, 0.6) is 0 Å². The van der Waals surface area contributed by atoms with Gasteiger partial charge in [-0.15, -0.1) is 0 Å². The lowest BCUT2D eigenvalue weighted by atomic mass is 9.88. The van der Waals surface area contributed by atoms with Gasteiger partial charge < -0.3 is 10.4 Å². The molecule has 1 aliphatic heterocycles. The molecule has 6 nitrogen and oxygen atoms in total. The highest BCUT2D eigenvalue weighted by Crippen LogP contribution is 2.42. The van der Waals surface area contributed by atoms with Crippen LogP contribution in [-0.4, -0.2) is 22.7 Å². The van der Waals surface area contributed by atoms with Crippen molar-refractivity contribution in [2.24, 2.45) is 0 Å². The van der Waals surface area contributed by atoms with Crippen LogP contribution in [0.3, 0.4) is 0 Å². The average Bonchev–Trinajstić information content (AvgIpc) is 3.18.